The summed E-state index contributed by atoms with van der Waals surface area (Å²) in [5, 5.41) is 2.49. The van der Waals surface area contributed by atoms with Gasteiger partial charge in [0.25, 0.3) is 0 Å². The number of ketones is 1. The molecular weight excluding hydrogens is 250 g/mol. The molecule has 0 saturated carbocycles. The largest absolute Gasteiger partial charge is 0.377 e. The predicted octanol–water partition coefficient (Wildman–Crippen LogP) is 0.643. The van der Waals surface area contributed by atoms with Gasteiger partial charge >= 0.3 is 0 Å². The molecule has 0 aliphatic rings. The molecule has 0 aromatic heterocycles. The fourth-order valence-electron chi connectivity index (χ4n) is 0.969. The van der Waals surface area contributed by atoms with Crippen molar-refractivity contribution >= 4 is 12.2 Å². The average Bonchev–Trinajstić information content (AvgIpc) is 2.35. The Kier molecular flexibility index (Phi) is 16.1. The lowest BCUT2D eigenvalue weighted by Crippen LogP contribution is -2.19. The van der Waals surface area contributed by atoms with Crippen LogP contribution in [0.25, 0.3) is 0 Å². The lowest BCUT2D eigenvalue weighted by molar-refractivity contribution is -0.127. The van der Waals surface area contributed by atoms with Crippen LogP contribution >= 0.6 is 0 Å². The zero-order chi connectivity index (χ0) is 13.6. The molecule has 1 amide bonds. The lowest BCUT2D eigenvalue weighted by Gasteiger charge is -2.07. The summed E-state index contributed by atoms with van der Waals surface area (Å²) in [5.41, 5.74) is 0. The molecule has 0 aliphatic heterocycles. The van der Waals surface area contributed by atoms with Gasteiger partial charge in [0.2, 0.25) is 6.41 Å². The van der Waals surface area contributed by atoms with E-state index in [1.54, 1.807) is 0 Å². The van der Waals surface area contributed by atoms with Crippen molar-refractivity contribution < 1.29 is 23.8 Å². The number of nitrogens with one attached hydrogen (secondary N) is 1. The Bertz CT molecular complexity index is 221. The summed E-state index contributed by atoms with van der Waals surface area (Å²) >= 11 is 0. The highest BCUT2D eigenvalue weighted by molar-refractivity contribution is 5.81. The van der Waals surface area contributed by atoms with Crippen molar-refractivity contribution in [2.75, 3.05) is 46.2 Å². The smallest absolute Gasteiger partial charge is 0.207 e. The van der Waals surface area contributed by atoms with E-state index in [0.717, 1.165) is 0 Å². The summed E-state index contributed by atoms with van der Waals surface area (Å²) in [6.45, 7) is 6.62. The van der Waals surface area contributed by atoms with Gasteiger partial charge in [-0.1, -0.05) is 21.3 Å². The first-order valence-electron chi connectivity index (χ1n) is 6.11. The van der Waals surface area contributed by atoms with Crippen LogP contribution in [0.4, 0.5) is 0 Å². The minimum absolute atomic E-state index is 0. The van der Waals surface area contributed by atoms with Gasteiger partial charge in [0.15, 0.2) is 5.78 Å². The Morgan fingerprint density at radius 3 is 2.11 bits per heavy atom. The maximum absolute atomic E-state index is 11.2. The SMILES string of the molecule is C.CC(C)C(=O)COCCOCCOCCNC=O. The van der Waals surface area contributed by atoms with Gasteiger partial charge in [0.1, 0.15) is 6.61 Å². The third kappa shape index (κ3) is 15.0. The predicted molar refractivity (Wildman–Crippen MR) is 73.1 cm³/mol. The Hall–Kier alpha value is -0.980. The highest BCUT2D eigenvalue weighted by atomic mass is 16.5. The number of hydrogen-bond acceptors (Lipinski definition) is 5. The van der Waals surface area contributed by atoms with Gasteiger partial charge in [-0.05, 0) is 0 Å². The molecule has 0 radical (unpaired) electrons. The van der Waals surface area contributed by atoms with Crippen molar-refractivity contribution in [2.24, 2.45) is 5.92 Å². The molecular formula is C13H27NO5. The molecule has 0 atom stereocenters. The van der Waals surface area contributed by atoms with Gasteiger partial charge in [-0.25, -0.2) is 0 Å². The van der Waals surface area contributed by atoms with Gasteiger partial charge in [-0.3, -0.25) is 9.59 Å². The maximum Gasteiger partial charge on any atom is 0.207 e. The summed E-state index contributed by atoms with van der Waals surface area (Å²) in [6.07, 6.45) is 0.635. The maximum atomic E-state index is 11.2. The number of carbonyl (C=O) groups is 2. The molecule has 0 bridgehead atoms. The van der Waals surface area contributed by atoms with Gasteiger partial charge in [-0.15, -0.1) is 0 Å². The topological polar surface area (TPSA) is 73.9 Å². The van der Waals surface area contributed by atoms with Crippen LogP contribution in [0, 0.1) is 5.92 Å². The zero-order valence-electron chi connectivity index (χ0n) is 11.1. The Morgan fingerprint density at radius 2 is 1.58 bits per heavy atom. The van der Waals surface area contributed by atoms with Crippen LogP contribution in [0.1, 0.15) is 21.3 Å². The standard InChI is InChI=1S/C12H23NO5.CH4/c1-11(2)12(15)9-18-8-7-17-6-5-16-4-3-13-10-14;/h10-11H,3-9H2,1-2H3,(H,13,14);1H4. The number of carbonyl (C=O) groups excluding carboxylic acids is 2. The minimum atomic E-state index is 0. The van der Waals surface area contributed by atoms with Crippen LogP contribution in [0.2, 0.25) is 0 Å². The van der Waals surface area contributed by atoms with Crippen molar-refractivity contribution in [3.63, 3.8) is 0 Å². The van der Waals surface area contributed by atoms with E-state index in [-0.39, 0.29) is 25.7 Å². The lowest BCUT2D eigenvalue weighted by atomic mass is 10.1. The van der Waals surface area contributed by atoms with Crippen molar-refractivity contribution in [2.45, 2.75) is 21.3 Å². The molecule has 0 spiro atoms. The Morgan fingerprint density at radius 1 is 1.05 bits per heavy atom. The van der Waals surface area contributed by atoms with Crippen LogP contribution in [-0.4, -0.2) is 58.4 Å². The number of hydrogen-bond donors (Lipinski definition) is 1. The van der Waals surface area contributed by atoms with E-state index in [9.17, 15) is 9.59 Å². The van der Waals surface area contributed by atoms with Crippen LogP contribution < -0.4 is 5.32 Å². The Labute approximate surface area is 115 Å². The minimum Gasteiger partial charge on any atom is -0.377 e. The first-order chi connectivity index (χ1) is 8.68. The number of Topliss-reactive ketones (excluding diaryl/α,β-unsaturated/α-hetero) is 1. The summed E-state index contributed by atoms with van der Waals surface area (Å²) in [7, 11) is 0. The van der Waals surface area contributed by atoms with Crippen molar-refractivity contribution in [3.8, 4) is 0 Å². The zero-order valence-corrected chi connectivity index (χ0v) is 11.1. The summed E-state index contributed by atoms with van der Waals surface area (Å²) < 4.78 is 15.6. The van der Waals surface area contributed by atoms with Crippen LogP contribution in [0.15, 0.2) is 0 Å². The van der Waals surface area contributed by atoms with Gasteiger partial charge in [-0.2, -0.15) is 0 Å². The number of amides is 1. The average molecular weight is 277 g/mol. The van der Waals surface area contributed by atoms with Gasteiger partial charge < -0.3 is 19.5 Å². The van der Waals surface area contributed by atoms with Gasteiger partial charge in [0.05, 0.1) is 33.0 Å². The third-order valence-corrected chi connectivity index (χ3v) is 2.11. The van der Waals surface area contributed by atoms with E-state index in [1.807, 2.05) is 13.8 Å². The monoisotopic (exact) mass is 277 g/mol. The molecule has 0 saturated heterocycles. The molecule has 19 heavy (non-hydrogen) atoms. The molecule has 114 valence electrons. The molecule has 0 aromatic rings. The van der Waals surface area contributed by atoms with Crippen molar-refractivity contribution in [3.05, 3.63) is 0 Å². The second-order valence-electron chi connectivity index (χ2n) is 3.97. The molecule has 0 unspecified atom stereocenters. The van der Waals surface area contributed by atoms with Crippen LogP contribution in [-0.2, 0) is 23.8 Å². The van der Waals surface area contributed by atoms with Crippen molar-refractivity contribution in [1.82, 2.24) is 5.32 Å². The first-order valence-corrected chi connectivity index (χ1v) is 6.11. The van der Waals surface area contributed by atoms with E-state index in [4.69, 9.17) is 14.2 Å². The number of rotatable bonds is 13. The summed E-state index contributed by atoms with van der Waals surface area (Å²) in [5.74, 6) is 0.111. The summed E-state index contributed by atoms with van der Waals surface area (Å²) in [4.78, 5) is 21.1. The number of ether oxygens (including phenoxy) is 3. The van der Waals surface area contributed by atoms with E-state index >= 15 is 0 Å². The molecule has 1 N–H and O–H groups in total. The molecule has 6 heteroatoms. The second kappa shape index (κ2) is 15.1. The highest BCUT2D eigenvalue weighted by Crippen LogP contribution is 1.94. The van der Waals surface area contributed by atoms with E-state index in [1.165, 1.54) is 0 Å². The fourth-order valence-corrected chi connectivity index (χ4v) is 0.969. The normalized spacial score (nSPS) is 10.1. The van der Waals surface area contributed by atoms with E-state index in [2.05, 4.69) is 5.32 Å². The van der Waals surface area contributed by atoms with Crippen LogP contribution in [0.5, 0.6) is 0 Å². The molecule has 0 aliphatic carbocycles. The quantitative estimate of drug-likeness (QED) is 0.395. The first kappa shape index (κ1) is 20.3. The van der Waals surface area contributed by atoms with Gasteiger partial charge in [0, 0.05) is 12.5 Å². The molecule has 0 fully saturated rings. The highest BCUT2D eigenvalue weighted by Gasteiger charge is 2.06. The van der Waals surface area contributed by atoms with Crippen LogP contribution in [0.3, 0.4) is 0 Å². The second-order valence-corrected chi connectivity index (χ2v) is 3.97. The third-order valence-electron chi connectivity index (χ3n) is 2.11. The molecule has 0 rings (SSSR count). The molecule has 0 heterocycles. The van der Waals surface area contributed by atoms with E-state index < -0.39 is 0 Å². The Balaban J connectivity index is 0. The molecule has 6 nitrogen and oxygen atoms in total. The van der Waals surface area contributed by atoms with Crippen molar-refractivity contribution in [1.29, 1.82) is 0 Å². The fraction of sp³-hybridized carbons (Fsp3) is 0.846. The van der Waals surface area contributed by atoms with E-state index in [0.29, 0.717) is 46.0 Å². The summed E-state index contributed by atoms with van der Waals surface area (Å²) in [6, 6.07) is 0. The molecule has 0 aromatic carbocycles.